The highest BCUT2D eigenvalue weighted by Crippen LogP contribution is 2.24. The van der Waals surface area contributed by atoms with Crippen LogP contribution in [0.1, 0.15) is 21.6 Å². The second-order valence-corrected chi connectivity index (χ2v) is 7.14. The molecule has 2 aromatic heterocycles. The van der Waals surface area contributed by atoms with E-state index in [0.717, 1.165) is 16.6 Å². The van der Waals surface area contributed by atoms with Crippen molar-refractivity contribution in [1.29, 1.82) is 0 Å². The average Bonchev–Trinajstić information content (AvgIpc) is 3.26. The van der Waals surface area contributed by atoms with E-state index in [1.165, 1.54) is 12.1 Å². The Morgan fingerprint density at radius 2 is 1.89 bits per heavy atom. The Labute approximate surface area is 166 Å². The topological polar surface area (TPSA) is 38.4 Å². The van der Waals surface area contributed by atoms with Crippen molar-refractivity contribution in [3.8, 4) is 0 Å². The van der Waals surface area contributed by atoms with Crippen LogP contribution < -0.4 is 0 Å². The largest absolute Gasteiger partial charge is 0.463 e. The lowest BCUT2D eigenvalue weighted by molar-refractivity contribution is 0.0775. The van der Waals surface area contributed by atoms with Gasteiger partial charge in [0, 0.05) is 37.3 Å². The first-order valence-corrected chi connectivity index (χ1v) is 9.20. The van der Waals surface area contributed by atoms with E-state index in [-0.39, 0.29) is 11.7 Å². The van der Waals surface area contributed by atoms with Crippen LogP contribution in [0.3, 0.4) is 0 Å². The second kappa shape index (κ2) is 7.52. The highest BCUT2D eigenvalue weighted by molar-refractivity contribution is 6.30. The number of carbonyl (C=O) groups excluding carboxylic acids is 1. The number of aromatic nitrogens is 1. The number of fused-ring (bicyclic) bond motifs is 1. The lowest BCUT2D eigenvalue weighted by Gasteiger charge is -2.19. The number of hydrogen-bond donors (Lipinski definition) is 0. The smallest absolute Gasteiger partial charge is 0.270 e. The van der Waals surface area contributed by atoms with Gasteiger partial charge in [-0.05, 0) is 35.4 Å². The minimum atomic E-state index is -0.305. The van der Waals surface area contributed by atoms with Gasteiger partial charge in [-0.25, -0.2) is 4.39 Å². The van der Waals surface area contributed by atoms with E-state index in [1.54, 1.807) is 42.5 Å². The Balaban J connectivity index is 1.64. The van der Waals surface area contributed by atoms with Crippen molar-refractivity contribution in [1.82, 2.24) is 9.47 Å². The molecule has 0 unspecified atom stereocenters. The van der Waals surface area contributed by atoms with E-state index in [0.29, 0.717) is 29.4 Å². The highest BCUT2D eigenvalue weighted by atomic mass is 35.5. The van der Waals surface area contributed by atoms with Crippen LogP contribution in [0.15, 0.2) is 71.3 Å². The zero-order valence-corrected chi connectivity index (χ0v) is 16.0. The van der Waals surface area contributed by atoms with Crippen LogP contribution in [0.2, 0.25) is 5.02 Å². The van der Waals surface area contributed by atoms with Crippen molar-refractivity contribution in [2.75, 3.05) is 7.05 Å². The summed E-state index contributed by atoms with van der Waals surface area (Å²) in [5, 5.41) is 0.655. The first-order valence-electron chi connectivity index (χ1n) is 8.82. The molecule has 0 radical (unpaired) electrons. The lowest BCUT2D eigenvalue weighted by atomic mass is 10.2. The van der Waals surface area contributed by atoms with Crippen LogP contribution in [0.4, 0.5) is 4.39 Å². The van der Waals surface area contributed by atoms with E-state index in [9.17, 15) is 9.18 Å². The van der Waals surface area contributed by atoms with Crippen LogP contribution in [0.25, 0.3) is 11.1 Å². The van der Waals surface area contributed by atoms with Crippen molar-refractivity contribution in [3.63, 3.8) is 0 Å². The first kappa shape index (κ1) is 18.3. The van der Waals surface area contributed by atoms with Crippen LogP contribution >= 0.6 is 11.6 Å². The van der Waals surface area contributed by atoms with E-state index < -0.39 is 0 Å². The highest BCUT2D eigenvalue weighted by Gasteiger charge is 2.21. The number of carbonyl (C=O) groups is 1. The van der Waals surface area contributed by atoms with Gasteiger partial charge in [0.1, 0.15) is 11.5 Å². The Bertz CT molecular complexity index is 1130. The van der Waals surface area contributed by atoms with Gasteiger partial charge in [0.25, 0.3) is 5.91 Å². The van der Waals surface area contributed by atoms with Crippen LogP contribution in [0, 0.1) is 5.82 Å². The van der Waals surface area contributed by atoms with Crippen molar-refractivity contribution in [2.45, 2.75) is 13.1 Å². The summed E-state index contributed by atoms with van der Waals surface area (Å²) in [6.07, 6.45) is 1.58. The van der Waals surface area contributed by atoms with Crippen molar-refractivity contribution >= 4 is 28.6 Å². The fraction of sp³-hybridized carbons (Fsp3) is 0.136. The Hall–Kier alpha value is -3.05. The summed E-state index contributed by atoms with van der Waals surface area (Å²) < 4.78 is 20.9. The molecule has 0 spiro atoms. The molecule has 0 aliphatic rings. The lowest BCUT2D eigenvalue weighted by Crippen LogP contribution is -2.28. The van der Waals surface area contributed by atoms with E-state index in [1.807, 2.05) is 28.8 Å². The quantitative estimate of drug-likeness (QED) is 0.456. The molecule has 4 aromatic rings. The van der Waals surface area contributed by atoms with Gasteiger partial charge in [0.15, 0.2) is 5.58 Å². The molecule has 2 heterocycles. The molecule has 28 heavy (non-hydrogen) atoms. The molecule has 4 rings (SSSR count). The van der Waals surface area contributed by atoms with Crippen molar-refractivity contribution < 1.29 is 13.6 Å². The van der Waals surface area contributed by atoms with Gasteiger partial charge in [-0.1, -0.05) is 35.9 Å². The van der Waals surface area contributed by atoms with Crippen molar-refractivity contribution in [3.05, 3.63) is 94.6 Å². The van der Waals surface area contributed by atoms with Gasteiger partial charge >= 0.3 is 0 Å². The fourth-order valence-electron chi connectivity index (χ4n) is 3.27. The number of amides is 1. The summed E-state index contributed by atoms with van der Waals surface area (Å²) in [5.41, 5.74) is 3.67. The molecule has 4 nitrogen and oxygen atoms in total. The molecule has 1 amide bonds. The van der Waals surface area contributed by atoms with Crippen LogP contribution in [-0.4, -0.2) is 22.4 Å². The monoisotopic (exact) mass is 396 g/mol. The van der Waals surface area contributed by atoms with Gasteiger partial charge in [-0.2, -0.15) is 0 Å². The second-order valence-electron chi connectivity index (χ2n) is 6.70. The molecule has 0 N–H and O–H groups in total. The maximum Gasteiger partial charge on any atom is 0.270 e. The minimum Gasteiger partial charge on any atom is -0.463 e. The van der Waals surface area contributed by atoms with E-state index in [4.69, 9.17) is 16.0 Å². The molecular weight excluding hydrogens is 379 g/mol. The fourth-order valence-corrected chi connectivity index (χ4v) is 3.40. The summed E-state index contributed by atoms with van der Waals surface area (Å²) in [5.74, 6) is -0.446. The number of hydrogen-bond acceptors (Lipinski definition) is 2. The molecule has 0 saturated heterocycles. The maximum absolute atomic E-state index is 13.6. The average molecular weight is 397 g/mol. The predicted molar refractivity (Wildman–Crippen MR) is 107 cm³/mol. The number of rotatable bonds is 5. The van der Waals surface area contributed by atoms with E-state index in [2.05, 4.69) is 0 Å². The van der Waals surface area contributed by atoms with E-state index >= 15 is 0 Å². The van der Waals surface area contributed by atoms with Gasteiger partial charge in [0.05, 0.1) is 11.8 Å². The molecule has 6 heteroatoms. The Morgan fingerprint density at radius 1 is 1.11 bits per heavy atom. The number of furan rings is 1. The Kier molecular flexibility index (Phi) is 4.92. The summed E-state index contributed by atoms with van der Waals surface area (Å²) in [6, 6.07) is 17.3. The van der Waals surface area contributed by atoms with Gasteiger partial charge < -0.3 is 13.9 Å². The number of benzene rings is 2. The predicted octanol–water partition coefficient (Wildman–Crippen LogP) is 5.35. The third-order valence-corrected chi connectivity index (χ3v) is 4.90. The third kappa shape index (κ3) is 3.66. The molecule has 0 aliphatic carbocycles. The van der Waals surface area contributed by atoms with Gasteiger partial charge in [0.2, 0.25) is 0 Å². The zero-order chi connectivity index (χ0) is 19.7. The molecule has 0 aliphatic heterocycles. The van der Waals surface area contributed by atoms with Crippen molar-refractivity contribution in [2.24, 2.45) is 0 Å². The summed E-state index contributed by atoms with van der Waals surface area (Å²) in [7, 11) is 1.75. The zero-order valence-electron chi connectivity index (χ0n) is 15.2. The standard InChI is InChI=1S/C22H18ClFN2O2/c1-25(13-15-5-7-17(23)8-6-15)22(27)20-12-21-19(9-10-28-21)26(20)14-16-3-2-4-18(24)11-16/h2-12H,13-14H2,1H3. The molecule has 0 fully saturated rings. The van der Waals surface area contributed by atoms with Crippen LogP contribution in [0.5, 0.6) is 0 Å². The number of halogens is 2. The third-order valence-electron chi connectivity index (χ3n) is 4.65. The Morgan fingerprint density at radius 3 is 2.64 bits per heavy atom. The van der Waals surface area contributed by atoms with Gasteiger partial charge in [-0.3, -0.25) is 4.79 Å². The number of nitrogens with zero attached hydrogens (tertiary/aromatic N) is 2. The summed E-state index contributed by atoms with van der Waals surface area (Å²) >= 11 is 5.93. The normalized spacial score (nSPS) is 11.1. The molecule has 2 aromatic carbocycles. The first-order chi connectivity index (χ1) is 13.5. The summed E-state index contributed by atoms with van der Waals surface area (Å²) in [4.78, 5) is 14.8. The molecular formula is C22H18ClFN2O2. The minimum absolute atomic E-state index is 0.141. The summed E-state index contributed by atoms with van der Waals surface area (Å²) in [6.45, 7) is 0.819. The molecule has 142 valence electrons. The molecule has 0 bridgehead atoms. The molecule has 0 saturated carbocycles. The van der Waals surface area contributed by atoms with Crippen LogP contribution in [-0.2, 0) is 13.1 Å². The van der Waals surface area contributed by atoms with Gasteiger partial charge in [-0.15, -0.1) is 0 Å². The maximum atomic E-state index is 13.6. The SMILES string of the molecule is CN(Cc1ccc(Cl)cc1)C(=O)c1cc2occc2n1Cc1cccc(F)c1. The molecule has 0 atom stereocenters.